The van der Waals surface area contributed by atoms with Crippen LogP contribution in [0.2, 0.25) is 0 Å². The summed E-state index contributed by atoms with van der Waals surface area (Å²) in [6.07, 6.45) is 7.43. The number of aromatic amines is 1. The van der Waals surface area contributed by atoms with E-state index in [4.69, 9.17) is 0 Å². The molecule has 78 valence electrons. The topological polar surface area (TPSA) is 40.7 Å². The van der Waals surface area contributed by atoms with E-state index >= 15 is 0 Å². The number of aromatic nitrogens is 2. The van der Waals surface area contributed by atoms with Crippen molar-refractivity contribution in [3.63, 3.8) is 0 Å². The lowest BCUT2D eigenvalue weighted by Crippen LogP contribution is -2.34. The Morgan fingerprint density at radius 1 is 1.64 bits per heavy atom. The Kier molecular flexibility index (Phi) is 2.59. The Morgan fingerprint density at radius 2 is 2.43 bits per heavy atom. The van der Waals surface area contributed by atoms with Crippen molar-refractivity contribution >= 4 is 0 Å². The van der Waals surface area contributed by atoms with Crippen LogP contribution in [-0.4, -0.2) is 22.6 Å². The normalized spacial score (nSPS) is 20.7. The van der Waals surface area contributed by atoms with Gasteiger partial charge in [-0.3, -0.25) is 0 Å². The van der Waals surface area contributed by atoms with Gasteiger partial charge in [0.1, 0.15) is 0 Å². The number of imidazole rings is 1. The molecule has 1 saturated carbocycles. The molecule has 3 heteroatoms. The molecular formula is C11H19N3. The Morgan fingerprint density at radius 3 is 3.00 bits per heavy atom. The van der Waals surface area contributed by atoms with Gasteiger partial charge in [0, 0.05) is 30.9 Å². The van der Waals surface area contributed by atoms with Crippen molar-refractivity contribution in [3.05, 3.63) is 18.2 Å². The molecule has 1 heterocycles. The molecule has 0 aromatic carbocycles. The van der Waals surface area contributed by atoms with Crippen LogP contribution in [0.25, 0.3) is 0 Å². The minimum atomic E-state index is 0.577. The van der Waals surface area contributed by atoms with Gasteiger partial charge < -0.3 is 10.3 Å². The van der Waals surface area contributed by atoms with Gasteiger partial charge in [-0.1, -0.05) is 6.92 Å². The lowest BCUT2D eigenvalue weighted by Gasteiger charge is -2.19. The van der Waals surface area contributed by atoms with Crippen LogP contribution in [0.3, 0.4) is 0 Å². The molecule has 0 saturated heterocycles. The second-order valence-electron chi connectivity index (χ2n) is 4.66. The molecule has 1 unspecified atom stereocenters. The predicted octanol–water partition coefficient (Wildman–Crippen LogP) is 1.73. The largest absolute Gasteiger partial charge is 0.348 e. The minimum absolute atomic E-state index is 0.577. The zero-order valence-corrected chi connectivity index (χ0v) is 9.01. The van der Waals surface area contributed by atoms with Gasteiger partial charge in [0.25, 0.3) is 0 Å². The maximum Gasteiger partial charge on any atom is 0.0921 e. The lowest BCUT2D eigenvalue weighted by molar-refractivity contribution is 0.383. The Balaban J connectivity index is 1.68. The van der Waals surface area contributed by atoms with Gasteiger partial charge in [-0.05, 0) is 25.2 Å². The molecule has 1 aromatic heterocycles. The molecule has 0 bridgehead atoms. The Hall–Kier alpha value is -0.830. The third-order valence-corrected chi connectivity index (χ3v) is 3.48. The van der Waals surface area contributed by atoms with Crippen LogP contribution >= 0.6 is 0 Å². The van der Waals surface area contributed by atoms with E-state index in [9.17, 15) is 0 Å². The molecule has 0 radical (unpaired) electrons. The van der Waals surface area contributed by atoms with E-state index in [0.29, 0.717) is 11.5 Å². The highest BCUT2D eigenvalue weighted by Crippen LogP contribution is 2.47. The summed E-state index contributed by atoms with van der Waals surface area (Å²) < 4.78 is 0. The Bertz CT molecular complexity index is 275. The fourth-order valence-corrected chi connectivity index (χ4v) is 1.72. The molecule has 0 amide bonds. The summed E-state index contributed by atoms with van der Waals surface area (Å²) in [6.45, 7) is 5.69. The van der Waals surface area contributed by atoms with Gasteiger partial charge in [-0.25, -0.2) is 4.98 Å². The van der Waals surface area contributed by atoms with Crippen molar-refractivity contribution in [3.8, 4) is 0 Å². The predicted molar refractivity (Wildman–Crippen MR) is 57.1 cm³/mol. The van der Waals surface area contributed by atoms with E-state index in [0.717, 1.165) is 13.0 Å². The zero-order chi connectivity index (χ0) is 10.0. The summed E-state index contributed by atoms with van der Waals surface area (Å²) in [6, 6.07) is 0.644. The zero-order valence-electron chi connectivity index (χ0n) is 9.01. The van der Waals surface area contributed by atoms with Crippen molar-refractivity contribution in [1.82, 2.24) is 15.3 Å². The second-order valence-corrected chi connectivity index (χ2v) is 4.66. The fraction of sp³-hybridized carbons (Fsp3) is 0.727. The number of H-pyrrole nitrogens is 1. The number of hydrogen-bond acceptors (Lipinski definition) is 2. The van der Waals surface area contributed by atoms with E-state index in [1.165, 1.54) is 18.5 Å². The molecule has 0 spiro atoms. The van der Waals surface area contributed by atoms with Crippen molar-refractivity contribution in [2.45, 2.75) is 39.2 Å². The summed E-state index contributed by atoms with van der Waals surface area (Å²) >= 11 is 0. The van der Waals surface area contributed by atoms with E-state index in [-0.39, 0.29) is 0 Å². The molecule has 1 aromatic rings. The van der Waals surface area contributed by atoms with E-state index in [2.05, 4.69) is 29.1 Å². The van der Waals surface area contributed by atoms with Crippen LogP contribution in [-0.2, 0) is 6.42 Å². The average molecular weight is 193 g/mol. The van der Waals surface area contributed by atoms with Crippen LogP contribution in [0.5, 0.6) is 0 Å². The number of rotatable bonds is 5. The van der Waals surface area contributed by atoms with Gasteiger partial charge in [0.15, 0.2) is 0 Å². The van der Waals surface area contributed by atoms with Crippen LogP contribution in [0.4, 0.5) is 0 Å². The first kappa shape index (κ1) is 9.71. The molecule has 1 aliphatic carbocycles. The van der Waals surface area contributed by atoms with Crippen molar-refractivity contribution < 1.29 is 0 Å². The maximum atomic E-state index is 4.00. The van der Waals surface area contributed by atoms with Gasteiger partial charge in [0.05, 0.1) is 6.33 Å². The first-order chi connectivity index (χ1) is 6.71. The summed E-state index contributed by atoms with van der Waals surface area (Å²) in [7, 11) is 0. The molecule has 1 aliphatic rings. The minimum Gasteiger partial charge on any atom is -0.348 e. The summed E-state index contributed by atoms with van der Waals surface area (Å²) in [5, 5.41) is 3.58. The van der Waals surface area contributed by atoms with Gasteiger partial charge >= 0.3 is 0 Å². The molecule has 14 heavy (non-hydrogen) atoms. The first-order valence-corrected chi connectivity index (χ1v) is 5.41. The number of nitrogens with zero attached hydrogens (tertiary/aromatic N) is 1. The highest BCUT2D eigenvalue weighted by atomic mass is 14.9. The molecule has 2 rings (SSSR count). The maximum absolute atomic E-state index is 4.00. The Labute approximate surface area is 85.3 Å². The van der Waals surface area contributed by atoms with Crippen LogP contribution < -0.4 is 5.32 Å². The molecule has 1 atom stereocenters. The molecule has 3 nitrogen and oxygen atoms in total. The highest BCUT2D eigenvalue weighted by molar-refractivity contribution is 4.98. The van der Waals surface area contributed by atoms with E-state index in [1.807, 2.05) is 6.20 Å². The lowest BCUT2D eigenvalue weighted by atomic mass is 10.0. The SMILES string of the molecule is CC(NCCc1cnc[nH]1)C1(C)CC1. The van der Waals surface area contributed by atoms with Gasteiger partial charge in [-0.2, -0.15) is 0 Å². The summed E-state index contributed by atoms with van der Waals surface area (Å²) in [5.74, 6) is 0. The fourth-order valence-electron chi connectivity index (χ4n) is 1.72. The van der Waals surface area contributed by atoms with E-state index < -0.39 is 0 Å². The van der Waals surface area contributed by atoms with Crippen LogP contribution in [0.1, 0.15) is 32.4 Å². The van der Waals surface area contributed by atoms with Crippen LogP contribution in [0.15, 0.2) is 12.5 Å². The highest BCUT2D eigenvalue weighted by Gasteiger charge is 2.41. The smallest absolute Gasteiger partial charge is 0.0921 e. The number of hydrogen-bond donors (Lipinski definition) is 2. The summed E-state index contributed by atoms with van der Waals surface area (Å²) in [5.41, 5.74) is 1.79. The first-order valence-electron chi connectivity index (χ1n) is 5.41. The molecule has 0 aliphatic heterocycles. The quantitative estimate of drug-likeness (QED) is 0.747. The standard InChI is InChI=1S/C11H19N3/c1-9(11(2)4-5-11)13-6-3-10-7-12-8-14-10/h7-9,13H,3-6H2,1-2H3,(H,12,14). The average Bonchev–Trinajstić information content (AvgIpc) is 2.73. The third kappa shape index (κ3) is 2.15. The van der Waals surface area contributed by atoms with Crippen molar-refractivity contribution in [2.75, 3.05) is 6.54 Å². The number of nitrogens with one attached hydrogen (secondary N) is 2. The van der Waals surface area contributed by atoms with Crippen LogP contribution in [0, 0.1) is 5.41 Å². The molecule has 1 fully saturated rings. The monoisotopic (exact) mass is 193 g/mol. The van der Waals surface area contributed by atoms with Gasteiger partial charge in [-0.15, -0.1) is 0 Å². The summed E-state index contributed by atoms with van der Waals surface area (Å²) in [4.78, 5) is 7.11. The van der Waals surface area contributed by atoms with Gasteiger partial charge in [0.2, 0.25) is 0 Å². The molecular weight excluding hydrogens is 174 g/mol. The third-order valence-electron chi connectivity index (χ3n) is 3.48. The van der Waals surface area contributed by atoms with E-state index in [1.54, 1.807) is 6.33 Å². The van der Waals surface area contributed by atoms with Crippen molar-refractivity contribution in [1.29, 1.82) is 0 Å². The van der Waals surface area contributed by atoms with Crippen molar-refractivity contribution in [2.24, 2.45) is 5.41 Å². The second kappa shape index (κ2) is 3.73. The molecule has 2 N–H and O–H groups in total.